The lowest BCUT2D eigenvalue weighted by Gasteiger charge is -2.24. The third kappa shape index (κ3) is 3.18. The van der Waals surface area contributed by atoms with E-state index in [1.54, 1.807) is 24.3 Å². The average Bonchev–Trinajstić information content (AvgIpc) is 3.29. The maximum absolute atomic E-state index is 13.3. The van der Waals surface area contributed by atoms with E-state index < -0.39 is 33.9 Å². The molecule has 0 spiro atoms. The molecular weight excluding hydrogens is 412 g/mol. The number of carboxylic acids is 2. The predicted octanol–water partition coefficient (Wildman–Crippen LogP) is 1.33. The second-order valence-corrected chi connectivity index (χ2v) is 9.04. The number of hydrogen-bond donors (Lipinski definition) is 2. The molecule has 0 bridgehead atoms. The Kier molecular flexibility index (Phi) is 4.73. The minimum atomic E-state index is -4.17. The first-order chi connectivity index (χ1) is 14.2. The van der Waals surface area contributed by atoms with Crippen LogP contribution in [-0.4, -0.2) is 49.1 Å². The lowest BCUT2D eigenvalue weighted by Crippen LogP contribution is -2.42. The summed E-state index contributed by atoms with van der Waals surface area (Å²) in [6, 6.07) is 10.8. The minimum absolute atomic E-state index is 0.0147. The van der Waals surface area contributed by atoms with E-state index in [9.17, 15) is 27.9 Å². The number of amides is 1. The lowest BCUT2D eigenvalue weighted by molar-refractivity contribution is -0.141. The maximum Gasteiger partial charge on any atom is 0.327 e. The first kappa shape index (κ1) is 19.9. The van der Waals surface area contributed by atoms with Gasteiger partial charge in [-0.3, -0.25) is 13.9 Å². The highest BCUT2D eigenvalue weighted by Crippen LogP contribution is 2.37. The number of fused-ring (bicyclic) bond motifs is 1. The van der Waals surface area contributed by atoms with Crippen molar-refractivity contribution in [3.63, 3.8) is 0 Å². The summed E-state index contributed by atoms with van der Waals surface area (Å²) in [5.74, 6) is -3.46. The molecule has 2 aromatic rings. The van der Waals surface area contributed by atoms with Gasteiger partial charge in [0.05, 0.1) is 16.5 Å². The van der Waals surface area contributed by atoms with E-state index in [0.717, 1.165) is 4.31 Å². The zero-order valence-corrected chi connectivity index (χ0v) is 16.4. The molecule has 2 aliphatic rings. The van der Waals surface area contributed by atoms with Crippen molar-refractivity contribution in [1.29, 1.82) is 0 Å². The standard InChI is InChI=1S/C20H18N2O7S/c23-18-10-13(19(24)25)11-21(18)14-5-7-15(8-6-14)30(28,29)22-16-4-2-1-3-12(16)9-17(22)20(26)27/h1-8,13,17H,9-11H2,(H,24,25)(H,26,27)/t13-,17-/m1/s1. The van der Waals surface area contributed by atoms with Gasteiger partial charge in [0, 0.05) is 25.1 Å². The van der Waals surface area contributed by atoms with Gasteiger partial charge in [-0.15, -0.1) is 0 Å². The van der Waals surface area contributed by atoms with Crippen LogP contribution < -0.4 is 9.21 Å². The predicted molar refractivity (Wildman–Crippen MR) is 106 cm³/mol. The maximum atomic E-state index is 13.3. The Bertz CT molecular complexity index is 1140. The molecule has 2 aliphatic heterocycles. The summed E-state index contributed by atoms with van der Waals surface area (Å²) in [5.41, 5.74) is 1.35. The van der Waals surface area contributed by atoms with Crippen LogP contribution in [0, 0.1) is 5.92 Å². The van der Waals surface area contributed by atoms with E-state index in [4.69, 9.17) is 5.11 Å². The van der Waals surface area contributed by atoms with Gasteiger partial charge in [-0.1, -0.05) is 18.2 Å². The molecule has 2 aromatic carbocycles. The van der Waals surface area contributed by atoms with Gasteiger partial charge in [0.1, 0.15) is 6.04 Å². The Hall–Kier alpha value is -3.40. The molecule has 0 aliphatic carbocycles. The number of carbonyl (C=O) groups is 3. The molecule has 156 valence electrons. The van der Waals surface area contributed by atoms with Crippen LogP contribution in [0.2, 0.25) is 0 Å². The molecule has 30 heavy (non-hydrogen) atoms. The number of carbonyl (C=O) groups excluding carboxylic acids is 1. The summed E-state index contributed by atoms with van der Waals surface area (Å²) in [6.07, 6.45) is -0.0398. The van der Waals surface area contributed by atoms with Crippen LogP contribution in [0.15, 0.2) is 53.4 Å². The Labute approximate surface area is 172 Å². The van der Waals surface area contributed by atoms with E-state index in [2.05, 4.69) is 0 Å². The zero-order valence-electron chi connectivity index (χ0n) is 15.6. The van der Waals surface area contributed by atoms with Gasteiger partial charge >= 0.3 is 11.9 Å². The molecule has 0 radical (unpaired) electrons. The van der Waals surface area contributed by atoms with Crippen molar-refractivity contribution in [2.45, 2.75) is 23.8 Å². The number of nitrogens with zero attached hydrogens (tertiary/aromatic N) is 2. The molecular formula is C20H18N2O7S. The number of sulfonamides is 1. The van der Waals surface area contributed by atoms with Crippen molar-refractivity contribution in [1.82, 2.24) is 0 Å². The number of anilines is 2. The molecule has 1 amide bonds. The third-order valence-corrected chi connectivity index (χ3v) is 7.23. The van der Waals surface area contributed by atoms with E-state index in [1.807, 2.05) is 0 Å². The zero-order chi connectivity index (χ0) is 21.6. The number of para-hydroxylation sites is 1. The van der Waals surface area contributed by atoms with Crippen molar-refractivity contribution in [3.8, 4) is 0 Å². The Morgan fingerprint density at radius 1 is 0.933 bits per heavy atom. The molecule has 9 nitrogen and oxygen atoms in total. The van der Waals surface area contributed by atoms with Crippen molar-refractivity contribution in [3.05, 3.63) is 54.1 Å². The fraction of sp³-hybridized carbons (Fsp3) is 0.250. The Balaban J connectivity index is 1.66. The fourth-order valence-corrected chi connectivity index (χ4v) is 5.52. The molecule has 0 unspecified atom stereocenters. The first-order valence-electron chi connectivity index (χ1n) is 9.18. The number of carboxylic acid groups (broad SMARTS) is 2. The summed E-state index contributed by atoms with van der Waals surface area (Å²) < 4.78 is 27.4. The van der Waals surface area contributed by atoms with Crippen LogP contribution >= 0.6 is 0 Å². The van der Waals surface area contributed by atoms with Gasteiger partial charge in [0.2, 0.25) is 5.91 Å². The van der Waals surface area contributed by atoms with Crippen molar-refractivity contribution in [2.24, 2.45) is 5.92 Å². The highest BCUT2D eigenvalue weighted by molar-refractivity contribution is 7.93. The van der Waals surface area contributed by atoms with Gasteiger partial charge < -0.3 is 15.1 Å². The van der Waals surface area contributed by atoms with Gasteiger partial charge in [-0.05, 0) is 35.9 Å². The number of rotatable bonds is 5. The average molecular weight is 430 g/mol. The molecule has 4 rings (SSSR count). The van der Waals surface area contributed by atoms with Crippen LogP contribution in [0.3, 0.4) is 0 Å². The highest BCUT2D eigenvalue weighted by atomic mass is 32.2. The summed E-state index contributed by atoms with van der Waals surface area (Å²) in [5, 5.41) is 18.7. The van der Waals surface area contributed by atoms with E-state index in [-0.39, 0.29) is 30.2 Å². The van der Waals surface area contributed by atoms with E-state index in [0.29, 0.717) is 16.9 Å². The minimum Gasteiger partial charge on any atom is -0.481 e. The molecule has 2 heterocycles. The van der Waals surface area contributed by atoms with Gasteiger partial charge in [-0.2, -0.15) is 0 Å². The first-order valence-corrected chi connectivity index (χ1v) is 10.6. The topological polar surface area (TPSA) is 132 Å². The highest BCUT2D eigenvalue weighted by Gasteiger charge is 2.42. The monoisotopic (exact) mass is 430 g/mol. The molecule has 2 N–H and O–H groups in total. The number of benzene rings is 2. The molecule has 0 aromatic heterocycles. The molecule has 10 heteroatoms. The molecule has 0 saturated carbocycles. The third-order valence-electron chi connectivity index (χ3n) is 5.39. The molecule has 2 atom stereocenters. The van der Waals surface area contributed by atoms with Crippen LogP contribution in [0.25, 0.3) is 0 Å². The normalized spacial score (nSPS) is 21.0. The van der Waals surface area contributed by atoms with Gasteiger partial charge in [-0.25, -0.2) is 13.2 Å². The number of hydrogen-bond acceptors (Lipinski definition) is 5. The fourth-order valence-electron chi connectivity index (χ4n) is 3.88. The lowest BCUT2D eigenvalue weighted by atomic mass is 10.1. The van der Waals surface area contributed by atoms with Crippen LogP contribution in [0.5, 0.6) is 0 Å². The molecule has 1 fully saturated rings. The van der Waals surface area contributed by atoms with Crippen LogP contribution in [0.1, 0.15) is 12.0 Å². The summed E-state index contributed by atoms with van der Waals surface area (Å²) in [4.78, 5) is 36.1. The largest absolute Gasteiger partial charge is 0.481 e. The number of aliphatic carboxylic acids is 2. The summed E-state index contributed by atoms with van der Waals surface area (Å²) >= 11 is 0. The van der Waals surface area contributed by atoms with E-state index >= 15 is 0 Å². The van der Waals surface area contributed by atoms with Crippen LogP contribution in [-0.2, 0) is 30.8 Å². The van der Waals surface area contributed by atoms with Gasteiger partial charge in [0.25, 0.3) is 10.0 Å². The van der Waals surface area contributed by atoms with Crippen LogP contribution in [0.4, 0.5) is 11.4 Å². The molecule has 1 saturated heterocycles. The second kappa shape index (κ2) is 7.13. The van der Waals surface area contributed by atoms with Crippen molar-refractivity contribution in [2.75, 3.05) is 15.7 Å². The summed E-state index contributed by atoms with van der Waals surface area (Å²) in [6.45, 7) is 0.0147. The van der Waals surface area contributed by atoms with Gasteiger partial charge in [0.15, 0.2) is 0 Å². The van der Waals surface area contributed by atoms with E-state index in [1.165, 1.54) is 29.2 Å². The van der Waals surface area contributed by atoms with Crippen molar-refractivity contribution >= 4 is 39.2 Å². The Morgan fingerprint density at radius 3 is 2.20 bits per heavy atom. The van der Waals surface area contributed by atoms with Crippen molar-refractivity contribution < 1.29 is 33.0 Å². The summed E-state index contributed by atoms with van der Waals surface area (Å²) in [7, 11) is -4.17. The second-order valence-electron chi connectivity index (χ2n) is 7.23. The SMILES string of the molecule is O=C(O)[C@@H]1CC(=O)N(c2ccc(S(=O)(=O)N3c4ccccc4C[C@@H]3C(=O)O)cc2)C1. The Morgan fingerprint density at radius 2 is 1.60 bits per heavy atom. The quantitative estimate of drug-likeness (QED) is 0.731. The smallest absolute Gasteiger partial charge is 0.327 e.